The molecule has 150 valence electrons. The smallest absolute Gasteiger partial charge is 0.349 e. The van der Waals surface area contributed by atoms with E-state index in [4.69, 9.17) is 9.15 Å². The van der Waals surface area contributed by atoms with Crippen LogP contribution in [-0.4, -0.2) is 48.9 Å². The van der Waals surface area contributed by atoms with Gasteiger partial charge in [0.05, 0.1) is 13.0 Å². The fourth-order valence-corrected chi connectivity index (χ4v) is 2.69. The van der Waals surface area contributed by atoms with E-state index in [9.17, 15) is 19.2 Å². The van der Waals surface area contributed by atoms with Gasteiger partial charge in [-0.15, -0.1) is 0 Å². The molecule has 0 radical (unpaired) electrons. The van der Waals surface area contributed by atoms with Crippen LogP contribution >= 0.6 is 0 Å². The number of carbonyl (C=O) groups is 3. The number of nitrogens with zero attached hydrogens (tertiary/aromatic N) is 1. The third kappa shape index (κ3) is 5.94. The third-order valence-corrected chi connectivity index (χ3v) is 4.03. The molecule has 28 heavy (non-hydrogen) atoms. The van der Waals surface area contributed by atoms with Crippen LogP contribution < -0.4 is 10.9 Å². The number of para-hydroxylation sites is 1. The predicted octanol–water partition coefficient (Wildman–Crippen LogP) is 1.71. The van der Waals surface area contributed by atoms with Crippen molar-refractivity contribution in [3.8, 4) is 0 Å². The number of amides is 2. The van der Waals surface area contributed by atoms with Gasteiger partial charge >= 0.3 is 11.6 Å². The van der Waals surface area contributed by atoms with Gasteiger partial charge in [0.15, 0.2) is 0 Å². The normalized spacial score (nSPS) is 10.5. The number of benzene rings is 1. The quantitative estimate of drug-likeness (QED) is 0.398. The van der Waals surface area contributed by atoms with Gasteiger partial charge in [0.2, 0.25) is 5.91 Å². The van der Waals surface area contributed by atoms with Gasteiger partial charge in [-0.3, -0.25) is 14.4 Å². The van der Waals surface area contributed by atoms with Gasteiger partial charge < -0.3 is 19.4 Å². The molecule has 0 aliphatic heterocycles. The Balaban J connectivity index is 2.18. The highest BCUT2D eigenvalue weighted by molar-refractivity contribution is 5.96. The largest absolute Gasteiger partial charge is 0.466 e. The van der Waals surface area contributed by atoms with Gasteiger partial charge in [0.1, 0.15) is 11.1 Å². The molecule has 1 heterocycles. The molecule has 0 saturated heterocycles. The lowest BCUT2D eigenvalue weighted by Gasteiger charge is -2.22. The molecule has 0 bridgehead atoms. The van der Waals surface area contributed by atoms with Crippen molar-refractivity contribution >= 4 is 28.8 Å². The molecule has 1 aromatic carbocycles. The van der Waals surface area contributed by atoms with Crippen molar-refractivity contribution in [2.24, 2.45) is 0 Å². The molecule has 8 heteroatoms. The maximum Gasteiger partial charge on any atom is 0.349 e. The Hall–Kier alpha value is -3.16. The molecule has 0 saturated carbocycles. The molecule has 2 amide bonds. The first-order chi connectivity index (χ1) is 13.4. The second kappa shape index (κ2) is 10.2. The topological polar surface area (TPSA) is 106 Å². The zero-order valence-electron chi connectivity index (χ0n) is 16.0. The maximum atomic E-state index is 12.9. The highest BCUT2D eigenvalue weighted by atomic mass is 16.5. The van der Waals surface area contributed by atoms with Crippen LogP contribution in [0.1, 0.15) is 37.0 Å². The second-order valence-electron chi connectivity index (χ2n) is 6.17. The van der Waals surface area contributed by atoms with Gasteiger partial charge in [-0.05, 0) is 25.5 Å². The molecule has 2 rings (SSSR count). The van der Waals surface area contributed by atoms with E-state index in [2.05, 4.69) is 5.32 Å². The number of hydrogen-bond donors (Lipinski definition) is 1. The van der Waals surface area contributed by atoms with Crippen molar-refractivity contribution in [1.29, 1.82) is 0 Å². The van der Waals surface area contributed by atoms with E-state index < -0.39 is 17.5 Å². The standard InChI is InChI=1S/C20H24N2O6/c1-3-27-18(24)9-12-22(11-6-10-21-14(2)23)19(25)16-13-15-7-4-5-8-17(15)28-20(16)26/h4-5,7-8,13H,3,6,9-12H2,1-2H3,(H,21,23). The molecule has 1 aromatic heterocycles. The summed E-state index contributed by atoms with van der Waals surface area (Å²) in [5.74, 6) is -1.11. The summed E-state index contributed by atoms with van der Waals surface area (Å²) in [6.07, 6.45) is 0.492. The number of nitrogens with one attached hydrogen (secondary N) is 1. The van der Waals surface area contributed by atoms with Gasteiger partial charge in [0, 0.05) is 31.9 Å². The first kappa shape index (κ1) is 21.1. The lowest BCUT2D eigenvalue weighted by molar-refractivity contribution is -0.143. The summed E-state index contributed by atoms with van der Waals surface area (Å²) < 4.78 is 10.1. The minimum absolute atomic E-state index is 0.0125. The predicted molar refractivity (Wildman–Crippen MR) is 103 cm³/mol. The molecule has 1 N–H and O–H groups in total. The SMILES string of the molecule is CCOC(=O)CCN(CCCNC(C)=O)C(=O)c1cc2ccccc2oc1=O. The fourth-order valence-electron chi connectivity index (χ4n) is 2.69. The van der Waals surface area contributed by atoms with Crippen LogP contribution in [0.2, 0.25) is 0 Å². The molecular weight excluding hydrogens is 364 g/mol. The van der Waals surface area contributed by atoms with Gasteiger partial charge in [0.25, 0.3) is 5.91 Å². The Morgan fingerprint density at radius 2 is 1.93 bits per heavy atom. The molecule has 0 spiro atoms. The Morgan fingerprint density at radius 3 is 2.64 bits per heavy atom. The highest BCUT2D eigenvalue weighted by Crippen LogP contribution is 2.14. The summed E-state index contributed by atoms with van der Waals surface area (Å²) in [4.78, 5) is 49.3. The minimum Gasteiger partial charge on any atom is -0.466 e. The molecule has 0 aliphatic rings. The lowest BCUT2D eigenvalue weighted by atomic mass is 10.1. The van der Waals surface area contributed by atoms with Crippen LogP contribution in [0.25, 0.3) is 11.0 Å². The second-order valence-corrected chi connectivity index (χ2v) is 6.17. The van der Waals surface area contributed by atoms with E-state index in [1.54, 1.807) is 31.2 Å². The summed E-state index contributed by atoms with van der Waals surface area (Å²) in [5.41, 5.74) is -0.429. The first-order valence-electron chi connectivity index (χ1n) is 9.14. The van der Waals surface area contributed by atoms with Crippen LogP contribution in [0.5, 0.6) is 0 Å². The zero-order valence-corrected chi connectivity index (χ0v) is 16.0. The van der Waals surface area contributed by atoms with E-state index in [-0.39, 0.29) is 37.6 Å². The summed E-state index contributed by atoms with van der Waals surface area (Å²) in [5, 5.41) is 3.28. The number of esters is 1. The summed E-state index contributed by atoms with van der Waals surface area (Å²) >= 11 is 0. The van der Waals surface area contributed by atoms with Crippen LogP contribution in [0.4, 0.5) is 0 Å². The van der Waals surface area contributed by atoms with Crippen molar-refractivity contribution in [2.75, 3.05) is 26.2 Å². The van der Waals surface area contributed by atoms with Crippen molar-refractivity contribution in [1.82, 2.24) is 10.2 Å². The number of rotatable bonds is 9. The van der Waals surface area contributed by atoms with E-state index >= 15 is 0 Å². The molecule has 0 unspecified atom stereocenters. The average Bonchev–Trinajstić information content (AvgIpc) is 2.66. The third-order valence-electron chi connectivity index (χ3n) is 4.03. The van der Waals surface area contributed by atoms with Crippen LogP contribution in [0, 0.1) is 0 Å². The highest BCUT2D eigenvalue weighted by Gasteiger charge is 2.21. The number of fused-ring (bicyclic) bond motifs is 1. The van der Waals surface area contributed by atoms with Crippen LogP contribution in [0.3, 0.4) is 0 Å². The molecule has 0 atom stereocenters. The van der Waals surface area contributed by atoms with E-state index in [0.717, 1.165) is 0 Å². The fraction of sp³-hybridized carbons (Fsp3) is 0.400. The Labute approximate surface area is 162 Å². The van der Waals surface area contributed by atoms with Crippen LogP contribution in [0.15, 0.2) is 39.5 Å². The van der Waals surface area contributed by atoms with Gasteiger partial charge in [-0.1, -0.05) is 18.2 Å². The van der Waals surface area contributed by atoms with Gasteiger partial charge in [-0.2, -0.15) is 0 Å². The Morgan fingerprint density at radius 1 is 1.18 bits per heavy atom. The summed E-state index contributed by atoms with van der Waals surface area (Å²) in [6.45, 7) is 4.11. The molecular formula is C20H24N2O6. The average molecular weight is 388 g/mol. The zero-order chi connectivity index (χ0) is 20.5. The van der Waals surface area contributed by atoms with Crippen molar-refractivity contribution < 1.29 is 23.5 Å². The number of ether oxygens (including phenoxy) is 1. The van der Waals surface area contributed by atoms with Gasteiger partial charge in [-0.25, -0.2) is 4.79 Å². The van der Waals surface area contributed by atoms with Crippen molar-refractivity contribution in [2.45, 2.75) is 26.7 Å². The van der Waals surface area contributed by atoms with E-state index in [1.165, 1.54) is 17.9 Å². The van der Waals surface area contributed by atoms with E-state index in [0.29, 0.717) is 23.9 Å². The van der Waals surface area contributed by atoms with Crippen LogP contribution in [-0.2, 0) is 14.3 Å². The Kier molecular flexibility index (Phi) is 7.74. The first-order valence-corrected chi connectivity index (χ1v) is 9.14. The lowest BCUT2D eigenvalue weighted by Crippen LogP contribution is -2.38. The molecule has 2 aromatic rings. The molecule has 8 nitrogen and oxygen atoms in total. The maximum absolute atomic E-state index is 12.9. The molecule has 0 fully saturated rings. The van der Waals surface area contributed by atoms with Crippen molar-refractivity contribution in [3.63, 3.8) is 0 Å². The molecule has 0 aliphatic carbocycles. The Bertz CT molecular complexity index is 905. The monoisotopic (exact) mass is 388 g/mol. The van der Waals surface area contributed by atoms with E-state index in [1.807, 2.05) is 0 Å². The van der Waals surface area contributed by atoms with Crippen molar-refractivity contribution in [3.05, 3.63) is 46.3 Å². The summed E-state index contributed by atoms with van der Waals surface area (Å²) in [6, 6.07) is 8.41. The number of hydrogen-bond acceptors (Lipinski definition) is 6. The minimum atomic E-state index is -0.730. The summed E-state index contributed by atoms with van der Waals surface area (Å²) in [7, 11) is 0. The number of carbonyl (C=O) groups excluding carboxylic acids is 3.